The number of benzene rings is 2. The molecule has 0 saturated carbocycles. The zero-order chi connectivity index (χ0) is 18.8. The molecule has 1 aliphatic rings. The highest BCUT2D eigenvalue weighted by Gasteiger charge is 2.28. The summed E-state index contributed by atoms with van der Waals surface area (Å²) in [4.78, 5) is 14.5. The molecule has 26 heavy (non-hydrogen) atoms. The second-order valence-electron chi connectivity index (χ2n) is 6.08. The van der Waals surface area contributed by atoms with Gasteiger partial charge in [-0.25, -0.2) is 4.39 Å². The van der Waals surface area contributed by atoms with Gasteiger partial charge in [0, 0.05) is 22.7 Å². The molecule has 1 fully saturated rings. The van der Waals surface area contributed by atoms with Crippen LogP contribution in [-0.4, -0.2) is 37.6 Å². The van der Waals surface area contributed by atoms with Crippen molar-refractivity contribution >= 4 is 29.1 Å². The Balaban J connectivity index is 1.82. The van der Waals surface area contributed by atoms with Crippen LogP contribution in [0.3, 0.4) is 0 Å². The lowest BCUT2D eigenvalue weighted by molar-refractivity contribution is -0.0228. The third kappa shape index (κ3) is 3.80. The number of morpholine rings is 1. The van der Waals surface area contributed by atoms with Gasteiger partial charge in [0.2, 0.25) is 0 Å². The molecule has 2 aromatic rings. The Morgan fingerprint density at radius 3 is 2.77 bits per heavy atom. The molecule has 4 nitrogen and oxygen atoms in total. The number of ether oxygens (including phenoxy) is 2. The van der Waals surface area contributed by atoms with Gasteiger partial charge in [0.15, 0.2) is 0 Å². The van der Waals surface area contributed by atoms with E-state index in [0.29, 0.717) is 35.1 Å². The number of hydrogen-bond donors (Lipinski definition) is 0. The number of amides is 1. The Labute approximate surface area is 161 Å². The summed E-state index contributed by atoms with van der Waals surface area (Å²) in [6, 6.07) is 7.94. The Morgan fingerprint density at radius 2 is 2.04 bits per heavy atom. The molecule has 1 aliphatic heterocycles. The van der Waals surface area contributed by atoms with Gasteiger partial charge in [-0.05, 0) is 36.8 Å². The molecule has 0 aromatic heterocycles. The van der Waals surface area contributed by atoms with Crippen molar-refractivity contribution in [1.82, 2.24) is 4.90 Å². The van der Waals surface area contributed by atoms with Crippen LogP contribution in [0.15, 0.2) is 30.3 Å². The average molecular weight is 398 g/mol. The van der Waals surface area contributed by atoms with E-state index >= 15 is 0 Å². The number of aryl methyl sites for hydroxylation is 1. The summed E-state index contributed by atoms with van der Waals surface area (Å²) in [6.45, 7) is 2.96. The maximum absolute atomic E-state index is 13.8. The van der Waals surface area contributed by atoms with Gasteiger partial charge in [0.05, 0.1) is 25.3 Å². The fourth-order valence-corrected chi connectivity index (χ4v) is 3.45. The lowest BCUT2D eigenvalue weighted by Gasteiger charge is -2.33. The highest BCUT2D eigenvalue weighted by Crippen LogP contribution is 2.33. The van der Waals surface area contributed by atoms with Gasteiger partial charge in [-0.1, -0.05) is 29.3 Å². The first kappa shape index (κ1) is 19.0. The molecule has 3 rings (SSSR count). The molecule has 7 heteroatoms. The fourth-order valence-electron chi connectivity index (χ4n) is 2.94. The molecule has 1 saturated heterocycles. The van der Waals surface area contributed by atoms with Crippen LogP contribution in [0.5, 0.6) is 5.75 Å². The van der Waals surface area contributed by atoms with Gasteiger partial charge in [0.25, 0.3) is 5.91 Å². The topological polar surface area (TPSA) is 38.8 Å². The van der Waals surface area contributed by atoms with Crippen molar-refractivity contribution in [3.8, 4) is 5.75 Å². The monoisotopic (exact) mass is 397 g/mol. The predicted molar refractivity (Wildman–Crippen MR) is 98.7 cm³/mol. The van der Waals surface area contributed by atoms with Crippen molar-refractivity contribution in [2.45, 2.75) is 13.0 Å². The van der Waals surface area contributed by atoms with Crippen LogP contribution in [0.2, 0.25) is 10.0 Å². The SMILES string of the molecule is COc1cc(C(=O)N2CCOC(c3cc(F)c(Cl)cc3Cl)C2)ccc1C. The fraction of sp³-hybridized carbons (Fsp3) is 0.316. The molecule has 0 aliphatic carbocycles. The van der Waals surface area contributed by atoms with Gasteiger partial charge in [-0.2, -0.15) is 0 Å². The van der Waals surface area contributed by atoms with Gasteiger partial charge >= 0.3 is 0 Å². The lowest BCUT2D eigenvalue weighted by atomic mass is 10.1. The normalized spacial score (nSPS) is 17.3. The maximum Gasteiger partial charge on any atom is 0.254 e. The molecule has 1 atom stereocenters. The zero-order valence-corrected chi connectivity index (χ0v) is 15.9. The van der Waals surface area contributed by atoms with Gasteiger partial charge in [-0.15, -0.1) is 0 Å². The van der Waals surface area contributed by atoms with Crippen LogP contribution in [0, 0.1) is 12.7 Å². The van der Waals surface area contributed by atoms with Gasteiger partial charge < -0.3 is 14.4 Å². The highest BCUT2D eigenvalue weighted by atomic mass is 35.5. The van der Waals surface area contributed by atoms with Crippen LogP contribution in [-0.2, 0) is 4.74 Å². The molecule has 0 bridgehead atoms. The Bertz CT molecular complexity index is 844. The molecule has 0 N–H and O–H groups in total. The quantitative estimate of drug-likeness (QED) is 0.706. The summed E-state index contributed by atoms with van der Waals surface area (Å²) in [5.74, 6) is -0.0491. The van der Waals surface area contributed by atoms with Crippen molar-refractivity contribution in [2.24, 2.45) is 0 Å². The first-order valence-electron chi connectivity index (χ1n) is 8.10. The van der Waals surface area contributed by atoms with Gasteiger partial charge in [-0.3, -0.25) is 4.79 Å². The van der Waals surface area contributed by atoms with E-state index in [1.807, 2.05) is 13.0 Å². The number of carbonyl (C=O) groups is 1. The summed E-state index contributed by atoms with van der Waals surface area (Å²) >= 11 is 11.9. The third-order valence-corrected chi connectivity index (χ3v) is 5.01. The first-order chi connectivity index (χ1) is 12.4. The molecule has 0 spiro atoms. The van der Waals surface area contributed by atoms with Crippen molar-refractivity contribution in [2.75, 3.05) is 26.8 Å². The summed E-state index contributed by atoms with van der Waals surface area (Å²) in [7, 11) is 1.57. The maximum atomic E-state index is 13.8. The van der Waals surface area contributed by atoms with Crippen molar-refractivity contribution < 1.29 is 18.7 Å². The zero-order valence-electron chi connectivity index (χ0n) is 14.4. The van der Waals surface area contributed by atoms with Crippen molar-refractivity contribution in [1.29, 1.82) is 0 Å². The van der Waals surface area contributed by atoms with Crippen LogP contribution in [0.4, 0.5) is 4.39 Å². The minimum absolute atomic E-state index is 0.0470. The summed E-state index contributed by atoms with van der Waals surface area (Å²) in [5, 5.41) is 0.266. The molecule has 1 amide bonds. The molecule has 0 radical (unpaired) electrons. The summed E-state index contributed by atoms with van der Waals surface area (Å²) < 4.78 is 24.8. The van der Waals surface area contributed by atoms with Crippen LogP contribution in [0.1, 0.15) is 27.6 Å². The van der Waals surface area contributed by atoms with Crippen LogP contribution >= 0.6 is 23.2 Å². The Morgan fingerprint density at radius 1 is 1.27 bits per heavy atom. The Kier molecular flexibility index (Phi) is 5.70. The number of nitrogens with zero attached hydrogens (tertiary/aromatic N) is 1. The Hall–Kier alpha value is -1.82. The number of hydrogen-bond acceptors (Lipinski definition) is 3. The van der Waals surface area contributed by atoms with E-state index in [1.165, 1.54) is 12.1 Å². The average Bonchev–Trinajstić information content (AvgIpc) is 2.64. The number of carbonyl (C=O) groups excluding carboxylic acids is 1. The molecular weight excluding hydrogens is 380 g/mol. The van der Waals surface area contributed by atoms with Crippen molar-refractivity contribution in [3.05, 3.63) is 62.9 Å². The lowest BCUT2D eigenvalue weighted by Crippen LogP contribution is -2.42. The van der Waals surface area contributed by atoms with E-state index in [2.05, 4.69) is 0 Å². The second kappa shape index (κ2) is 7.82. The van der Waals surface area contributed by atoms with E-state index in [1.54, 1.807) is 24.1 Å². The predicted octanol–water partition coefficient (Wildman–Crippen LogP) is 4.66. The molecule has 138 valence electrons. The van der Waals surface area contributed by atoms with E-state index < -0.39 is 11.9 Å². The minimum atomic E-state index is -0.568. The summed E-state index contributed by atoms with van der Waals surface area (Å²) in [6.07, 6.45) is -0.515. The molecule has 1 heterocycles. The van der Waals surface area contributed by atoms with Gasteiger partial charge in [0.1, 0.15) is 17.7 Å². The van der Waals surface area contributed by atoms with Crippen molar-refractivity contribution in [3.63, 3.8) is 0 Å². The highest BCUT2D eigenvalue weighted by molar-refractivity contribution is 6.35. The van der Waals surface area contributed by atoms with E-state index in [0.717, 1.165) is 5.56 Å². The smallest absolute Gasteiger partial charge is 0.254 e. The number of methoxy groups -OCH3 is 1. The second-order valence-corrected chi connectivity index (χ2v) is 6.90. The number of halogens is 3. The molecule has 2 aromatic carbocycles. The van der Waals surface area contributed by atoms with Crippen LogP contribution in [0.25, 0.3) is 0 Å². The number of rotatable bonds is 3. The van der Waals surface area contributed by atoms with E-state index in [-0.39, 0.29) is 17.5 Å². The van der Waals surface area contributed by atoms with E-state index in [4.69, 9.17) is 32.7 Å². The molecular formula is C19H18Cl2FNO3. The van der Waals surface area contributed by atoms with E-state index in [9.17, 15) is 9.18 Å². The molecule has 1 unspecified atom stereocenters. The summed E-state index contributed by atoms with van der Waals surface area (Å²) in [5.41, 5.74) is 1.96. The standard InChI is InChI=1S/C19H18Cl2FNO3/c1-11-3-4-12(7-17(11)25-2)19(24)23-5-6-26-18(10-23)13-8-16(22)15(21)9-14(13)20/h3-4,7-9,18H,5-6,10H2,1-2H3. The first-order valence-corrected chi connectivity index (χ1v) is 8.86. The van der Waals surface area contributed by atoms with Crippen LogP contribution < -0.4 is 4.74 Å². The third-order valence-electron chi connectivity index (χ3n) is 4.40. The minimum Gasteiger partial charge on any atom is -0.496 e. The largest absolute Gasteiger partial charge is 0.496 e.